The van der Waals surface area contributed by atoms with Crippen molar-refractivity contribution >= 4 is 17.6 Å². The van der Waals surface area contributed by atoms with Gasteiger partial charge in [0.15, 0.2) is 6.10 Å². The molecule has 0 radical (unpaired) electrons. The number of carbonyl (C=O) groups excluding carboxylic acids is 1. The zero-order valence-electron chi connectivity index (χ0n) is 9.83. The number of esters is 1. The number of ether oxygens (including phenoxy) is 1. The lowest BCUT2D eigenvalue weighted by Crippen LogP contribution is -2.20. The summed E-state index contributed by atoms with van der Waals surface area (Å²) in [6, 6.07) is 4.49. The Labute approximate surface area is 104 Å². The van der Waals surface area contributed by atoms with Crippen LogP contribution in [0, 0.1) is 0 Å². The van der Waals surface area contributed by atoms with E-state index in [9.17, 15) is 14.3 Å². The van der Waals surface area contributed by atoms with E-state index in [0.29, 0.717) is 0 Å². The molecule has 0 aliphatic heterocycles. The maximum atomic E-state index is 14.0. The SMILES string of the molecule is COC(=O)C(O)c1cccc(Cl)c1C(C)(C)F. The van der Waals surface area contributed by atoms with Crippen LogP contribution in [0.15, 0.2) is 18.2 Å². The van der Waals surface area contributed by atoms with Gasteiger partial charge < -0.3 is 9.84 Å². The van der Waals surface area contributed by atoms with Gasteiger partial charge in [-0.2, -0.15) is 0 Å². The van der Waals surface area contributed by atoms with Crippen LogP contribution in [0.25, 0.3) is 0 Å². The van der Waals surface area contributed by atoms with Crippen molar-refractivity contribution < 1.29 is 19.0 Å². The molecule has 5 heteroatoms. The Morgan fingerprint density at radius 1 is 1.53 bits per heavy atom. The fraction of sp³-hybridized carbons (Fsp3) is 0.417. The number of benzene rings is 1. The van der Waals surface area contributed by atoms with Crippen LogP contribution in [0.5, 0.6) is 0 Å². The molecule has 0 heterocycles. The Morgan fingerprint density at radius 2 is 2.12 bits per heavy atom. The van der Waals surface area contributed by atoms with Gasteiger partial charge in [-0.3, -0.25) is 0 Å². The van der Waals surface area contributed by atoms with E-state index in [-0.39, 0.29) is 16.1 Å². The van der Waals surface area contributed by atoms with Crippen LogP contribution in [-0.2, 0) is 15.2 Å². The molecule has 0 aliphatic rings. The molecule has 0 fully saturated rings. The predicted octanol–water partition coefficient (Wildman–Crippen LogP) is 2.75. The monoisotopic (exact) mass is 260 g/mol. The summed E-state index contributed by atoms with van der Waals surface area (Å²) in [6.07, 6.45) is -1.54. The van der Waals surface area contributed by atoms with Gasteiger partial charge in [0.05, 0.1) is 7.11 Å². The molecule has 0 saturated heterocycles. The van der Waals surface area contributed by atoms with Gasteiger partial charge in [-0.1, -0.05) is 23.7 Å². The zero-order valence-corrected chi connectivity index (χ0v) is 10.6. The Bertz CT molecular complexity index is 426. The third kappa shape index (κ3) is 2.96. The van der Waals surface area contributed by atoms with Crippen molar-refractivity contribution in [3.63, 3.8) is 0 Å². The lowest BCUT2D eigenvalue weighted by atomic mass is 9.91. The van der Waals surface area contributed by atoms with E-state index in [1.807, 2.05) is 0 Å². The third-order valence-corrected chi connectivity index (χ3v) is 2.67. The highest BCUT2D eigenvalue weighted by Gasteiger charge is 2.31. The first-order valence-corrected chi connectivity index (χ1v) is 5.40. The van der Waals surface area contributed by atoms with Gasteiger partial charge >= 0.3 is 5.97 Å². The van der Waals surface area contributed by atoms with Crippen molar-refractivity contribution in [2.75, 3.05) is 7.11 Å². The summed E-state index contributed by atoms with van der Waals surface area (Å²) in [5, 5.41) is 9.92. The number of aliphatic hydroxyl groups is 1. The predicted molar refractivity (Wildman–Crippen MR) is 62.6 cm³/mol. The minimum atomic E-state index is -1.76. The molecule has 17 heavy (non-hydrogen) atoms. The van der Waals surface area contributed by atoms with Crippen molar-refractivity contribution in [1.82, 2.24) is 0 Å². The Morgan fingerprint density at radius 3 is 2.59 bits per heavy atom. The maximum Gasteiger partial charge on any atom is 0.339 e. The molecule has 1 N–H and O–H groups in total. The first-order valence-electron chi connectivity index (χ1n) is 5.02. The molecule has 0 aliphatic carbocycles. The van der Waals surface area contributed by atoms with Crippen LogP contribution in [0.2, 0.25) is 5.02 Å². The summed E-state index contributed by atoms with van der Waals surface area (Å²) in [4.78, 5) is 11.3. The van der Waals surface area contributed by atoms with E-state index in [1.54, 1.807) is 6.07 Å². The quantitative estimate of drug-likeness (QED) is 0.850. The fourth-order valence-electron chi connectivity index (χ4n) is 1.63. The van der Waals surface area contributed by atoms with Gasteiger partial charge in [-0.15, -0.1) is 0 Å². The van der Waals surface area contributed by atoms with Crippen LogP contribution < -0.4 is 0 Å². The van der Waals surface area contributed by atoms with Gasteiger partial charge in [-0.05, 0) is 25.5 Å². The summed E-state index contributed by atoms with van der Waals surface area (Å²) in [5.41, 5.74) is -1.54. The van der Waals surface area contributed by atoms with E-state index < -0.39 is 17.7 Å². The minimum absolute atomic E-state index is 0.0968. The summed E-state index contributed by atoms with van der Waals surface area (Å²) in [7, 11) is 1.15. The van der Waals surface area contributed by atoms with E-state index in [1.165, 1.54) is 26.0 Å². The smallest absolute Gasteiger partial charge is 0.339 e. The molecule has 0 spiro atoms. The number of rotatable bonds is 3. The topological polar surface area (TPSA) is 46.5 Å². The van der Waals surface area contributed by atoms with E-state index in [4.69, 9.17) is 11.6 Å². The number of hydrogen-bond donors (Lipinski definition) is 1. The Kier molecular flexibility index (Phi) is 4.11. The lowest BCUT2D eigenvalue weighted by Gasteiger charge is -2.22. The van der Waals surface area contributed by atoms with Crippen LogP contribution in [0.3, 0.4) is 0 Å². The number of hydrogen-bond acceptors (Lipinski definition) is 3. The number of halogens is 2. The summed E-state index contributed by atoms with van der Waals surface area (Å²) in [5.74, 6) is -0.849. The zero-order chi connectivity index (χ0) is 13.2. The molecular formula is C12H14ClFO3. The molecule has 0 bridgehead atoms. The minimum Gasteiger partial charge on any atom is -0.467 e. The van der Waals surface area contributed by atoms with E-state index in [0.717, 1.165) is 7.11 Å². The normalized spacial score (nSPS) is 13.3. The van der Waals surface area contributed by atoms with Gasteiger partial charge in [0.2, 0.25) is 0 Å². The van der Waals surface area contributed by atoms with Crippen molar-refractivity contribution in [1.29, 1.82) is 0 Å². The maximum absolute atomic E-state index is 14.0. The molecule has 1 aromatic rings. The fourth-order valence-corrected chi connectivity index (χ4v) is 2.04. The average Bonchev–Trinajstić information content (AvgIpc) is 2.24. The highest BCUT2D eigenvalue weighted by atomic mass is 35.5. The lowest BCUT2D eigenvalue weighted by molar-refractivity contribution is -0.150. The summed E-state index contributed by atoms with van der Waals surface area (Å²) < 4.78 is 18.4. The molecule has 1 atom stereocenters. The first kappa shape index (κ1) is 13.9. The number of methoxy groups -OCH3 is 1. The van der Waals surface area contributed by atoms with Crippen molar-refractivity contribution in [2.24, 2.45) is 0 Å². The number of alkyl halides is 1. The molecule has 3 nitrogen and oxygen atoms in total. The highest BCUT2D eigenvalue weighted by molar-refractivity contribution is 6.31. The molecule has 0 saturated carbocycles. The number of carbonyl (C=O) groups is 1. The number of aliphatic hydroxyl groups excluding tert-OH is 1. The second-order valence-corrected chi connectivity index (χ2v) is 4.51. The van der Waals surface area contributed by atoms with Gasteiger partial charge in [0.25, 0.3) is 0 Å². The van der Waals surface area contributed by atoms with Crippen LogP contribution in [0.4, 0.5) is 4.39 Å². The van der Waals surface area contributed by atoms with Gasteiger partial charge in [0.1, 0.15) is 5.67 Å². The second-order valence-electron chi connectivity index (χ2n) is 4.10. The summed E-state index contributed by atoms with van der Waals surface area (Å²) >= 11 is 5.90. The molecule has 1 unspecified atom stereocenters. The van der Waals surface area contributed by atoms with Crippen molar-refractivity contribution in [3.8, 4) is 0 Å². The Hall–Kier alpha value is -1.13. The van der Waals surface area contributed by atoms with Crippen LogP contribution >= 0.6 is 11.6 Å². The largest absolute Gasteiger partial charge is 0.467 e. The second kappa shape index (κ2) is 5.02. The van der Waals surface area contributed by atoms with Gasteiger partial charge in [-0.25, -0.2) is 9.18 Å². The molecule has 1 aromatic carbocycles. The summed E-state index contributed by atoms with van der Waals surface area (Å²) in [6.45, 7) is 2.61. The first-order chi connectivity index (χ1) is 7.79. The van der Waals surface area contributed by atoms with Crippen molar-refractivity contribution in [3.05, 3.63) is 34.3 Å². The molecular weight excluding hydrogens is 247 g/mol. The molecule has 1 rings (SSSR count). The van der Waals surface area contributed by atoms with Crippen LogP contribution in [-0.4, -0.2) is 18.2 Å². The Balaban J connectivity index is 3.34. The third-order valence-electron chi connectivity index (χ3n) is 2.36. The van der Waals surface area contributed by atoms with Gasteiger partial charge in [0, 0.05) is 10.6 Å². The van der Waals surface area contributed by atoms with E-state index in [2.05, 4.69) is 4.74 Å². The van der Waals surface area contributed by atoms with E-state index >= 15 is 0 Å². The average molecular weight is 261 g/mol. The standard InChI is InChI=1S/C12H14ClFO3/c1-12(2,14)9-7(5-4-6-8(9)13)10(15)11(16)17-3/h4-6,10,15H,1-3H3. The molecule has 94 valence electrons. The molecule has 0 amide bonds. The van der Waals surface area contributed by atoms with Crippen LogP contribution in [0.1, 0.15) is 31.1 Å². The highest BCUT2D eigenvalue weighted by Crippen LogP contribution is 2.36. The van der Waals surface area contributed by atoms with Crippen molar-refractivity contribution in [2.45, 2.75) is 25.6 Å². The molecule has 0 aromatic heterocycles.